The van der Waals surface area contributed by atoms with Crippen LogP contribution < -0.4 is 5.32 Å². The zero-order valence-electron chi connectivity index (χ0n) is 18.5. The number of halogens is 1. The number of nitrogens with one attached hydrogen (secondary N) is 1. The quantitative estimate of drug-likeness (QED) is 0.597. The highest BCUT2D eigenvalue weighted by atomic mass is 35.5. The molecule has 3 heterocycles. The van der Waals surface area contributed by atoms with Crippen LogP contribution in [0, 0.1) is 0 Å². The van der Waals surface area contributed by atoms with Crippen molar-refractivity contribution >= 4 is 49.8 Å². The lowest BCUT2D eigenvalue weighted by molar-refractivity contribution is -0.119. The molecular formula is C22H26ClN3O5S2. The van der Waals surface area contributed by atoms with Crippen molar-refractivity contribution in [2.45, 2.75) is 43.7 Å². The van der Waals surface area contributed by atoms with Crippen molar-refractivity contribution in [1.29, 1.82) is 0 Å². The highest BCUT2D eigenvalue weighted by molar-refractivity contribution is 7.89. The first-order valence-corrected chi connectivity index (χ1v) is 13.4. The Labute approximate surface area is 202 Å². The summed E-state index contributed by atoms with van der Waals surface area (Å²) < 4.78 is 32.6. The fourth-order valence-electron chi connectivity index (χ4n) is 4.36. The summed E-state index contributed by atoms with van der Waals surface area (Å²) in [6.07, 6.45) is 1.67. The number of rotatable bonds is 6. The molecule has 2 aliphatic rings. The van der Waals surface area contributed by atoms with E-state index in [4.69, 9.17) is 16.3 Å². The van der Waals surface area contributed by atoms with Crippen molar-refractivity contribution in [3.05, 3.63) is 45.3 Å². The van der Waals surface area contributed by atoms with Crippen molar-refractivity contribution < 1.29 is 22.7 Å². The third-order valence-corrected chi connectivity index (χ3v) is 9.44. The Morgan fingerprint density at radius 2 is 1.97 bits per heavy atom. The molecule has 0 bridgehead atoms. The molecule has 33 heavy (non-hydrogen) atoms. The van der Waals surface area contributed by atoms with Crippen LogP contribution in [0.5, 0.6) is 0 Å². The molecule has 0 radical (unpaired) electrons. The Hall–Kier alpha value is -1.98. The van der Waals surface area contributed by atoms with Crippen LogP contribution in [0.3, 0.4) is 0 Å². The lowest BCUT2D eigenvalue weighted by Crippen LogP contribution is -2.43. The van der Waals surface area contributed by atoms with E-state index < -0.39 is 27.9 Å². The van der Waals surface area contributed by atoms with E-state index in [9.17, 15) is 18.0 Å². The third kappa shape index (κ3) is 4.67. The first kappa shape index (κ1) is 24.2. The van der Waals surface area contributed by atoms with Gasteiger partial charge in [0.15, 0.2) is 0 Å². The van der Waals surface area contributed by atoms with E-state index in [1.807, 2.05) is 0 Å². The number of nitrogens with zero attached hydrogens (tertiary/aromatic N) is 2. The molecule has 2 aromatic rings. The number of esters is 1. The molecule has 4 rings (SSSR count). The van der Waals surface area contributed by atoms with Crippen LogP contribution in [0.1, 0.15) is 40.6 Å². The minimum absolute atomic E-state index is 0.0908. The van der Waals surface area contributed by atoms with E-state index in [1.54, 1.807) is 0 Å². The number of likely N-dealkylation sites (N-methyl/N-ethyl adjacent to an activating group) is 1. The van der Waals surface area contributed by atoms with Crippen LogP contribution in [-0.2, 0) is 32.5 Å². The van der Waals surface area contributed by atoms with Crippen molar-refractivity contribution in [3.8, 4) is 0 Å². The SMILES string of the molecule is CCN1CCc2c(sc(NC(=O)C3CCCN3S(=O)(=O)c3ccc(Cl)cc3)c2C(=O)OC)C1. The van der Waals surface area contributed by atoms with Crippen LogP contribution in [0.4, 0.5) is 5.00 Å². The zero-order valence-corrected chi connectivity index (χ0v) is 20.9. The van der Waals surface area contributed by atoms with Crippen molar-refractivity contribution in [2.24, 2.45) is 0 Å². The topological polar surface area (TPSA) is 96.0 Å². The number of methoxy groups -OCH3 is 1. The number of thiophene rings is 1. The molecule has 0 aliphatic carbocycles. The number of ether oxygens (including phenoxy) is 1. The van der Waals surface area contributed by atoms with Crippen LogP contribution in [0.25, 0.3) is 0 Å². The number of hydrogen-bond donors (Lipinski definition) is 1. The van der Waals surface area contributed by atoms with Gasteiger partial charge in [0.1, 0.15) is 11.0 Å². The second kappa shape index (κ2) is 9.71. The number of sulfonamides is 1. The summed E-state index contributed by atoms with van der Waals surface area (Å²) in [6, 6.07) is 5.04. The smallest absolute Gasteiger partial charge is 0.341 e. The van der Waals surface area contributed by atoms with E-state index in [0.29, 0.717) is 41.4 Å². The van der Waals surface area contributed by atoms with Gasteiger partial charge in [-0.25, -0.2) is 13.2 Å². The second-order valence-corrected chi connectivity index (χ2v) is 11.5. The van der Waals surface area contributed by atoms with Gasteiger partial charge in [-0.15, -0.1) is 11.3 Å². The summed E-state index contributed by atoms with van der Waals surface area (Å²) in [5, 5.41) is 3.71. The molecule has 1 amide bonds. The number of carbonyl (C=O) groups is 2. The summed E-state index contributed by atoms with van der Waals surface area (Å²) in [5.41, 5.74) is 1.29. The number of carbonyl (C=O) groups excluding carboxylic acids is 2. The van der Waals surface area contributed by atoms with Gasteiger partial charge in [-0.1, -0.05) is 18.5 Å². The maximum Gasteiger partial charge on any atom is 0.341 e. The molecule has 0 saturated carbocycles. The predicted octanol–water partition coefficient (Wildman–Crippen LogP) is 3.36. The monoisotopic (exact) mass is 511 g/mol. The lowest BCUT2D eigenvalue weighted by atomic mass is 10.0. The molecule has 178 valence electrons. The van der Waals surface area contributed by atoms with Gasteiger partial charge in [0.2, 0.25) is 15.9 Å². The molecule has 0 spiro atoms. The number of benzene rings is 1. The predicted molar refractivity (Wildman–Crippen MR) is 127 cm³/mol. The molecule has 8 nitrogen and oxygen atoms in total. The van der Waals surface area contributed by atoms with Gasteiger partial charge in [-0.2, -0.15) is 4.31 Å². The Kier molecular flexibility index (Phi) is 7.11. The fraction of sp³-hybridized carbons (Fsp3) is 0.455. The molecule has 1 atom stereocenters. The molecule has 2 aliphatic heterocycles. The van der Waals surface area contributed by atoms with Crippen molar-refractivity contribution in [2.75, 3.05) is 32.1 Å². The Balaban J connectivity index is 1.61. The van der Waals surface area contributed by atoms with E-state index in [2.05, 4.69) is 17.1 Å². The normalized spacial score (nSPS) is 19.3. The van der Waals surface area contributed by atoms with Gasteiger partial charge in [0.25, 0.3) is 0 Å². The van der Waals surface area contributed by atoms with Crippen LogP contribution in [0.2, 0.25) is 5.02 Å². The average Bonchev–Trinajstić information content (AvgIpc) is 3.43. The zero-order chi connectivity index (χ0) is 23.8. The van der Waals surface area contributed by atoms with E-state index in [1.165, 1.54) is 47.0 Å². The summed E-state index contributed by atoms with van der Waals surface area (Å²) in [5.74, 6) is -0.939. The van der Waals surface area contributed by atoms with Crippen LogP contribution >= 0.6 is 22.9 Å². The Bertz CT molecular complexity index is 1160. The number of amides is 1. The lowest BCUT2D eigenvalue weighted by Gasteiger charge is -2.25. The maximum atomic E-state index is 13.3. The molecule has 1 N–H and O–H groups in total. The standard InChI is InChI=1S/C22H26ClN3O5S2/c1-3-25-12-10-16-18(13-25)32-21(19(16)22(28)31-2)24-20(27)17-5-4-11-26(17)33(29,30)15-8-6-14(23)7-9-15/h6-9,17H,3-5,10-13H2,1-2H3,(H,24,27). The largest absolute Gasteiger partial charge is 0.465 e. The third-order valence-electron chi connectivity index (χ3n) is 6.14. The second-order valence-electron chi connectivity index (χ2n) is 8.04. The van der Waals surface area contributed by atoms with Crippen LogP contribution in [0.15, 0.2) is 29.2 Å². The molecule has 1 unspecified atom stereocenters. The van der Waals surface area contributed by atoms with Gasteiger partial charge >= 0.3 is 5.97 Å². The minimum atomic E-state index is -3.87. The van der Waals surface area contributed by atoms with Gasteiger partial charge < -0.3 is 10.1 Å². The van der Waals surface area contributed by atoms with Gasteiger partial charge in [-0.3, -0.25) is 9.69 Å². The van der Waals surface area contributed by atoms with E-state index in [0.717, 1.165) is 23.5 Å². The van der Waals surface area contributed by atoms with Gasteiger partial charge in [0, 0.05) is 29.5 Å². The molecule has 11 heteroatoms. The van der Waals surface area contributed by atoms with Crippen LogP contribution in [-0.4, -0.2) is 62.3 Å². The molecular weight excluding hydrogens is 486 g/mol. The number of anilines is 1. The summed E-state index contributed by atoms with van der Waals surface area (Å²) in [7, 11) is -2.55. The highest BCUT2D eigenvalue weighted by Crippen LogP contribution is 2.38. The van der Waals surface area contributed by atoms with E-state index in [-0.39, 0.29) is 11.4 Å². The molecule has 1 aromatic carbocycles. The first-order chi connectivity index (χ1) is 15.8. The summed E-state index contributed by atoms with van der Waals surface area (Å²) >= 11 is 7.25. The van der Waals surface area contributed by atoms with Crippen molar-refractivity contribution in [3.63, 3.8) is 0 Å². The Morgan fingerprint density at radius 1 is 1.24 bits per heavy atom. The van der Waals surface area contributed by atoms with Gasteiger partial charge in [-0.05, 0) is 55.6 Å². The Morgan fingerprint density at radius 3 is 2.64 bits per heavy atom. The summed E-state index contributed by atoms with van der Waals surface area (Å²) in [6.45, 7) is 4.76. The molecule has 1 aromatic heterocycles. The number of fused-ring (bicyclic) bond motifs is 1. The van der Waals surface area contributed by atoms with E-state index >= 15 is 0 Å². The number of hydrogen-bond acceptors (Lipinski definition) is 7. The maximum absolute atomic E-state index is 13.3. The minimum Gasteiger partial charge on any atom is -0.465 e. The highest BCUT2D eigenvalue weighted by Gasteiger charge is 2.40. The summed E-state index contributed by atoms with van der Waals surface area (Å²) in [4.78, 5) is 29.2. The molecule has 1 fully saturated rings. The van der Waals surface area contributed by atoms with Gasteiger partial charge in [0.05, 0.1) is 17.6 Å². The van der Waals surface area contributed by atoms with Crippen molar-refractivity contribution in [1.82, 2.24) is 9.21 Å². The molecule has 1 saturated heterocycles. The first-order valence-electron chi connectivity index (χ1n) is 10.8. The average molecular weight is 512 g/mol. The fourth-order valence-corrected chi connectivity index (χ4v) is 7.42.